The fourth-order valence-corrected chi connectivity index (χ4v) is 5.98. The molecule has 8 heteroatoms. The Morgan fingerprint density at radius 2 is 1.85 bits per heavy atom. The van der Waals surface area contributed by atoms with E-state index in [1.54, 1.807) is 19.2 Å². The number of rotatable bonds is 8. The number of hydrazine groups is 1. The van der Waals surface area contributed by atoms with Crippen molar-refractivity contribution in [3.8, 4) is 5.75 Å². The van der Waals surface area contributed by atoms with Gasteiger partial charge in [0.05, 0.1) is 41.0 Å². The van der Waals surface area contributed by atoms with Crippen molar-refractivity contribution < 1.29 is 14.6 Å². The number of aliphatic hydroxyl groups is 1. The molecule has 212 valence electrons. The van der Waals surface area contributed by atoms with E-state index in [2.05, 4.69) is 34.9 Å². The largest absolute Gasteiger partial charge is 0.497 e. The Labute approximate surface area is 236 Å². The van der Waals surface area contributed by atoms with Crippen LogP contribution in [0.15, 0.2) is 60.4 Å². The zero-order valence-electron chi connectivity index (χ0n) is 24.1. The van der Waals surface area contributed by atoms with Crippen LogP contribution in [0.2, 0.25) is 0 Å². The first-order chi connectivity index (χ1) is 19.1. The molecule has 1 fully saturated rings. The van der Waals surface area contributed by atoms with Crippen molar-refractivity contribution >= 4 is 27.6 Å². The zero-order valence-corrected chi connectivity index (χ0v) is 24.1. The molecule has 2 aromatic heterocycles. The molecule has 1 atom stereocenters. The van der Waals surface area contributed by atoms with Crippen LogP contribution in [0.3, 0.4) is 0 Å². The van der Waals surface area contributed by atoms with E-state index in [-0.39, 0.29) is 6.04 Å². The van der Waals surface area contributed by atoms with Crippen molar-refractivity contribution in [2.45, 2.75) is 51.7 Å². The van der Waals surface area contributed by atoms with Crippen molar-refractivity contribution in [2.24, 2.45) is 17.5 Å². The average Bonchev–Trinajstić information content (AvgIpc) is 3.24. The first-order valence-electron chi connectivity index (χ1n) is 13.9. The Balaban J connectivity index is 1.82. The highest BCUT2D eigenvalue weighted by Gasteiger charge is 2.27. The predicted molar refractivity (Wildman–Crippen MR) is 161 cm³/mol. The third-order valence-corrected chi connectivity index (χ3v) is 8.06. The van der Waals surface area contributed by atoms with Gasteiger partial charge < -0.3 is 29.9 Å². The molecule has 3 heterocycles. The Morgan fingerprint density at radius 3 is 2.45 bits per heavy atom. The second-order valence-corrected chi connectivity index (χ2v) is 11.5. The quantitative estimate of drug-likeness (QED) is 0.205. The maximum Gasteiger partial charge on any atom is 0.118 e. The molecule has 1 aliphatic heterocycles. The second-order valence-electron chi connectivity index (χ2n) is 11.5. The number of benzene rings is 2. The molecule has 4 aromatic rings. The van der Waals surface area contributed by atoms with E-state index in [1.165, 1.54) is 5.56 Å². The molecule has 2 aromatic carbocycles. The van der Waals surface area contributed by atoms with Crippen LogP contribution in [-0.2, 0) is 10.3 Å². The molecule has 0 spiro atoms. The molecule has 0 amide bonds. The topological polar surface area (TPSA) is 112 Å². The van der Waals surface area contributed by atoms with E-state index in [0.717, 1.165) is 77.0 Å². The molecule has 5 N–H and O–H groups in total. The standard InChI is InChI=1S/C32H41N5O3/c1-20(33)31(36(4)34)23-17-29-30(35-19-23)26-11-8-24(32(2,3)38)18-28(26)37(29)27(16-21-12-14-40-15-13-21)22-6-9-25(39-5)10-7-22/h6-11,17-19,21,27,38H,12-16,33-34H2,1-5H3/b31-20-. The zero-order chi connectivity index (χ0) is 28.6. The summed E-state index contributed by atoms with van der Waals surface area (Å²) in [5.74, 6) is 7.54. The van der Waals surface area contributed by atoms with Crippen LogP contribution in [0.1, 0.15) is 62.8 Å². The first-order valence-corrected chi connectivity index (χ1v) is 13.9. The number of hydrogen-bond donors (Lipinski definition) is 3. The normalized spacial score (nSPS) is 16.3. The highest BCUT2D eigenvalue weighted by atomic mass is 16.5. The van der Waals surface area contributed by atoms with Crippen LogP contribution in [0.4, 0.5) is 0 Å². The van der Waals surface area contributed by atoms with Gasteiger partial charge in [-0.25, -0.2) is 5.84 Å². The van der Waals surface area contributed by atoms with E-state index in [4.69, 9.17) is 26.0 Å². The second kappa shape index (κ2) is 11.1. The van der Waals surface area contributed by atoms with Crippen LogP contribution < -0.4 is 16.3 Å². The van der Waals surface area contributed by atoms with Crippen LogP contribution in [0.25, 0.3) is 27.6 Å². The van der Waals surface area contributed by atoms with Gasteiger partial charge >= 0.3 is 0 Å². The maximum atomic E-state index is 10.9. The van der Waals surface area contributed by atoms with Crippen LogP contribution in [0, 0.1) is 5.92 Å². The number of nitrogens with zero attached hydrogens (tertiary/aromatic N) is 3. The highest BCUT2D eigenvalue weighted by molar-refractivity contribution is 6.06. The Morgan fingerprint density at radius 1 is 1.15 bits per heavy atom. The number of allylic oxidation sites excluding steroid dienone is 1. The number of pyridine rings is 1. The Hall–Kier alpha value is -3.59. The van der Waals surface area contributed by atoms with Gasteiger partial charge in [0.1, 0.15) is 5.75 Å². The van der Waals surface area contributed by atoms with E-state index in [9.17, 15) is 5.11 Å². The lowest BCUT2D eigenvalue weighted by Gasteiger charge is -2.29. The molecule has 0 aliphatic carbocycles. The lowest BCUT2D eigenvalue weighted by Crippen LogP contribution is -2.26. The van der Waals surface area contributed by atoms with Gasteiger partial charge in [0, 0.05) is 43.1 Å². The summed E-state index contributed by atoms with van der Waals surface area (Å²) < 4.78 is 13.6. The van der Waals surface area contributed by atoms with Gasteiger partial charge in [-0.15, -0.1) is 0 Å². The Bertz CT molecular complexity index is 1520. The summed E-state index contributed by atoms with van der Waals surface area (Å²) in [6.07, 6.45) is 4.84. The predicted octanol–water partition coefficient (Wildman–Crippen LogP) is 5.28. The molecular formula is C32H41N5O3. The summed E-state index contributed by atoms with van der Waals surface area (Å²) in [5.41, 5.74) is 12.4. The summed E-state index contributed by atoms with van der Waals surface area (Å²) >= 11 is 0. The number of fused-ring (bicyclic) bond motifs is 3. The number of nitrogens with two attached hydrogens (primary N) is 2. The van der Waals surface area contributed by atoms with Crippen LogP contribution in [-0.4, -0.2) is 47.0 Å². The lowest BCUT2D eigenvalue weighted by molar-refractivity contribution is 0.0609. The fourth-order valence-electron chi connectivity index (χ4n) is 5.98. The first kappa shape index (κ1) is 28.0. The summed E-state index contributed by atoms with van der Waals surface area (Å²) in [4.78, 5) is 4.96. The van der Waals surface area contributed by atoms with Crippen molar-refractivity contribution in [3.05, 3.63) is 77.1 Å². The minimum Gasteiger partial charge on any atom is -0.497 e. The number of methoxy groups -OCH3 is 1. The van der Waals surface area contributed by atoms with Crippen molar-refractivity contribution in [1.29, 1.82) is 0 Å². The van der Waals surface area contributed by atoms with Gasteiger partial charge in [-0.2, -0.15) is 0 Å². The molecule has 0 radical (unpaired) electrons. The molecule has 0 bridgehead atoms. The van der Waals surface area contributed by atoms with E-state index in [1.807, 2.05) is 45.2 Å². The van der Waals surface area contributed by atoms with Crippen molar-refractivity contribution in [3.63, 3.8) is 0 Å². The smallest absolute Gasteiger partial charge is 0.118 e. The third kappa shape index (κ3) is 5.39. The van der Waals surface area contributed by atoms with Crippen molar-refractivity contribution in [2.75, 3.05) is 27.4 Å². The third-order valence-electron chi connectivity index (χ3n) is 8.06. The van der Waals surface area contributed by atoms with E-state index < -0.39 is 5.60 Å². The van der Waals surface area contributed by atoms with Crippen LogP contribution in [0.5, 0.6) is 5.75 Å². The van der Waals surface area contributed by atoms with Crippen LogP contribution >= 0.6 is 0 Å². The number of aromatic nitrogens is 2. The van der Waals surface area contributed by atoms with Crippen molar-refractivity contribution in [1.82, 2.24) is 14.6 Å². The lowest BCUT2D eigenvalue weighted by atomic mass is 9.89. The number of hydrogen-bond acceptors (Lipinski definition) is 7. The van der Waals surface area contributed by atoms with Gasteiger partial charge in [-0.1, -0.05) is 24.3 Å². The SMILES string of the molecule is COc1ccc(C(CC2CCOCC2)n2c3cc(C(C)(C)O)ccc3c3ncc(/C(=C(\C)N)N(C)N)cc32)cc1. The molecule has 8 nitrogen and oxygen atoms in total. The summed E-state index contributed by atoms with van der Waals surface area (Å²) in [7, 11) is 3.47. The molecule has 5 rings (SSSR count). The van der Waals surface area contributed by atoms with Gasteiger partial charge in [-0.05, 0) is 81.3 Å². The van der Waals surface area contributed by atoms with Gasteiger partial charge in [-0.3, -0.25) is 4.98 Å². The summed E-state index contributed by atoms with van der Waals surface area (Å²) in [6.45, 7) is 7.06. The summed E-state index contributed by atoms with van der Waals surface area (Å²) in [5, 5.41) is 13.5. The number of ether oxygens (including phenoxy) is 2. The monoisotopic (exact) mass is 543 g/mol. The average molecular weight is 544 g/mol. The van der Waals surface area contributed by atoms with E-state index in [0.29, 0.717) is 11.6 Å². The molecule has 1 unspecified atom stereocenters. The fraction of sp³-hybridized carbons (Fsp3) is 0.406. The van der Waals surface area contributed by atoms with Gasteiger partial charge in [0.15, 0.2) is 0 Å². The Kier molecular flexibility index (Phi) is 7.77. The van der Waals surface area contributed by atoms with Gasteiger partial charge in [0.2, 0.25) is 0 Å². The molecule has 1 saturated heterocycles. The minimum atomic E-state index is -0.987. The summed E-state index contributed by atoms with van der Waals surface area (Å²) in [6, 6.07) is 16.7. The minimum absolute atomic E-state index is 0.0186. The molecule has 0 saturated carbocycles. The molecular weight excluding hydrogens is 502 g/mol. The molecule has 40 heavy (non-hydrogen) atoms. The highest BCUT2D eigenvalue weighted by Crippen LogP contribution is 2.40. The maximum absolute atomic E-state index is 10.9. The molecule has 1 aliphatic rings. The van der Waals surface area contributed by atoms with E-state index >= 15 is 0 Å². The van der Waals surface area contributed by atoms with Gasteiger partial charge in [0.25, 0.3) is 0 Å².